The second-order valence-electron chi connectivity index (χ2n) is 2.21. The van der Waals surface area contributed by atoms with E-state index in [2.05, 4.69) is 10.2 Å². The molecule has 0 fully saturated rings. The summed E-state index contributed by atoms with van der Waals surface area (Å²) in [5, 5.41) is 6.65. The molecule has 0 atom stereocenters. The number of nitrogens with zero attached hydrogens (tertiary/aromatic N) is 1. The lowest BCUT2D eigenvalue weighted by atomic mass is 10.2. The molecular formula is C7H4Cl2N2S. The van der Waals surface area contributed by atoms with Crippen molar-refractivity contribution >= 4 is 34.5 Å². The molecule has 5 heteroatoms. The summed E-state index contributed by atoms with van der Waals surface area (Å²) in [6, 6.07) is 3.67. The van der Waals surface area contributed by atoms with Gasteiger partial charge in [0.1, 0.15) is 4.34 Å². The topological polar surface area (TPSA) is 28.7 Å². The van der Waals surface area contributed by atoms with Crippen LogP contribution in [-0.4, -0.2) is 10.2 Å². The van der Waals surface area contributed by atoms with Gasteiger partial charge in [-0.15, -0.1) is 11.3 Å². The van der Waals surface area contributed by atoms with Crippen molar-refractivity contribution in [3.8, 4) is 11.3 Å². The van der Waals surface area contributed by atoms with E-state index >= 15 is 0 Å². The third kappa shape index (κ3) is 1.35. The van der Waals surface area contributed by atoms with E-state index in [9.17, 15) is 0 Å². The van der Waals surface area contributed by atoms with Crippen molar-refractivity contribution in [2.24, 2.45) is 0 Å². The van der Waals surface area contributed by atoms with Gasteiger partial charge in [-0.3, -0.25) is 5.10 Å². The van der Waals surface area contributed by atoms with E-state index in [1.165, 1.54) is 11.3 Å². The maximum Gasteiger partial charge on any atom is 0.104 e. The second kappa shape index (κ2) is 3.09. The minimum absolute atomic E-state index is 0.684. The first-order chi connectivity index (χ1) is 5.77. The van der Waals surface area contributed by atoms with Crippen LogP contribution >= 0.6 is 34.5 Å². The van der Waals surface area contributed by atoms with Gasteiger partial charge in [0.25, 0.3) is 0 Å². The molecule has 2 rings (SSSR count). The monoisotopic (exact) mass is 218 g/mol. The number of aromatic amines is 1. The summed E-state index contributed by atoms with van der Waals surface area (Å²) in [6.45, 7) is 0. The van der Waals surface area contributed by atoms with Gasteiger partial charge in [-0.25, -0.2) is 0 Å². The lowest BCUT2D eigenvalue weighted by Gasteiger charge is -1.90. The fourth-order valence-electron chi connectivity index (χ4n) is 0.930. The Bertz CT molecular complexity index is 380. The van der Waals surface area contributed by atoms with Gasteiger partial charge in [0.2, 0.25) is 0 Å². The molecule has 0 radical (unpaired) electrons. The van der Waals surface area contributed by atoms with Crippen LogP contribution in [0, 0.1) is 0 Å². The van der Waals surface area contributed by atoms with Crippen molar-refractivity contribution < 1.29 is 0 Å². The van der Waals surface area contributed by atoms with Crippen molar-refractivity contribution in [3.05, 3.63) is 27.0 Å². The highest BCUT2D eigenvalue weighted by Crippen LogP contribution is 2.36. The van der Waals surface area contributed by atoms with Crippen molar-refractivity contribution in [2.75, 3.05) is 0 Å². The van der Waals surface area contributed by atoms with Crippen LogP contribution in [0.15, 0.2) is 18.3 Å². The molecule has 2 aromatic heterocycles. The summed E-state index contributed by atoms with van der Waals surface area (Å²) in [7, 11) is 0. The number of hydrogen-bond acceptors (Lipinski definition) is 2. The van der Waals surface area contributed by atoms with Crippen molar-refractivity contribution in [1.82, 2.24) is 10.2 Å². The molecule has 2 aromatic rings. The van der Waals surface area contributed by atoms with E-state index in [0.29, 0.717) is 8.67 Å². The number of halogens is 2. The zero-order chi connectivity index (χ0) is 8.55. The zero-order valence-corrected chi connectivity index (χ0v) is 8.17. The Balaban J connectivity index is 2.54. The molecule has 0 saturated carbocycles. The van der Waals surface area contributed by atoms with Crippen LogP contribution in [0.5, 0.6) is 0 Å². The average molecular weight is 219 g/mol. The standard InChI is InChI=1S/C7H4Cl2N2S/c8-6-3-4(7(9)12-6)5-1-2-10-11-5/h1-3H,(H,10,11). The number of H-pyrrole nitrogens is 1. The molecule has 0 unspecified atom stereocenters. The van der Waals surface area contributed by atoms with E-state index in [1.54, 1.807) is 6.20 Å². The van der Waals surface area contributed by atoms with Gasteiger partial charge >= 0.3 is 0 Å². The molecule has 0 aromatic carbocycles. The summed E-state index contributed by atoms with van der Waals surface area (Å²) in [5.41, 5.74) is 1.80. The molecule has 0 bridgehead atoms. The van der Waals surface area contributed by atoms with Crippen molar-refractivity contribution in [2.45, 2.75) is 0 Å². The summed E-state index contributed by atoms with van der Waals surface area (Å²) in [6.07, 6.45) is 1.68. The van der Waals surface area contributed by atoms with E-state index in [1.807, 2.05) is 12.1 Å². The number of hydrogen-bond donors (Lipinski definition) is 1. The predicted molar refractivity (Wildman–Crippen MR) is 51.9 cm³/mol. The van der Waals surface area contributed by atoms with E-state index in [0.717, 1.165) is 11.3 Å². The smallest absolute Gasteiger partial charge is 0.104 e. The maximum absolute atomic E-state index is 5.92. The molecule has 0 aliphatic carbocycles. The fraction of sp³-hybridized carbons (Fsp3) is 0. The molecule has 62 valence electrons. The molecule has 2 nitrogen and oxygen atoms in total. The van der Waals surface area contributed by atoms with Crippen LogP contribution in [-0.2, 0) is 0 Å². The molecule has 0 saturated heterocycles. The summed E-state index contributed by atoms with van der Waals surface area (Å²) >= 11 is 13.1. The third-order valence-electron chi connectivity index (χ3n) is 1.45. The third-order valence-corrected chi connectivity index (χ3v) is 2.94. The first kappa shape index (κ1) is 8.10. The molecule has 0 spiro atoms. The first-order valence-corrected chi connectivity index (χ1v) is 4.79. The Kier molecular flexibility index (Phi) is 2.09. The lowest BCUT2D eigenvalue weighted by molar-refractivity contribution is 1.10. The van der Waals surface area contributed by atoms with Crippen LogP contribution in [0.3, 0.4) is 0 Å². The maximum atomic E-state index is 5.92. The van der Waals surface area contributed by atoms with Gasteiger partial charge < -0.3 is 0 Å². The van der Waals surface area contributed by atoms with Gasteiger partial charge in [0.15, 0.2) is 0 Å². The molecule has 2 heterocycles. The van der Waals surface area contributed by atoms with Crippen molar-refractivity contribution in [3.63, 3.8) is 0 Å². The van der Waals surface area contributed by atoms with Crippen LogP contribution in [0.1, 0.15) is 0 Å². The SMILES string of the molecule is Clc1cc(-c2ccn[nH]2)c(Cl)s1. The number of aromatic nitrogens is 2. The predicted octanol–water partition coefficient (Wildman–Crippen LogP) is 3.45. The lowest BCUT2D eigenvalue weighted by Crippen LogP contribution is -1.73. The van der Waals surface area contributed by atoms with Gasteiger partial charge in [-0.2, -0.15) is 5.10 Å². The molecule has 0 aliphatic rings. The van der Waals surface area contributed by atoms with Crippen LogP contribution in [0.4, 0.5) is 0 Å². The molecule has 0 aliphatic heterocycles. The Hall–Kier alpha value is -0.510. The Morgan fingerprint density at radius 3 is 2.75 bits per heavy atom. The Labute approximate surface area is 83.1 Å². The fourth-order valence-corrected chi connectivity index (χ4v) is 2.42. The van der Waals surface area contributed by atoms with Gasteiger partial charge in [-0.1, -0.05) is 23.2 Å². The highest BCUT2D eigenvalue weighted by molar-refractivity contribution is 7.20. The minimum atomic E-state index is 0.684. The van der Waals surface area contributed by atoms with E-state index < -0.39 is 0 Å². The van der Waals surface area contributed by atoms with Crippen LogP contribution in [0.2, 0.25) is 8.67 Å². The van der Waals surface area contributed by atoms with E-state index in [4.69, 9.17) is 23.2 Å². The van der Waals surface area contributed by atoms with E-state index in [-0.39, 0.29) is 0 Å². The van der Waals surface area contributed by atoms with Crippen molar-refractivity contribution in [1.29, 1.82) is 0 Å². The molecule has 0 amide bonds. The number of rotatable bonds is 1. The Morgan fingerprint density at radius 1 is 1.42 bits per heavy atom. The zero-order valence-electron chi connectivity index (χ0n) is 5.84. The highest BCUT2D eigenvalue weighted by Gasteiger charge is 2.08. The normalized spacial score (nSPS) is 10.5. The largest absolute Gasteiger partial charge is 0.278 e. The van der Waals surface area contributed by atoms with Crippen LogP contribution in [0.25, 0.3) is 11.3 Å². The molecule has 12 heavy (non-hydrogen) atoms. The number of nitrogens with one attached hydrogen (secondary N) is 1. The van der Waals surface area contributed by atoms with Gasteiger partial charge in [0, 0.05) is 11.8 Å². The first-order valence-electron chi connectivity index (χ1n) is 3.22. The summed E-state index contributed by atoms with van der Waals surface area (Å²) in [5.74, 6) is 0. The summed E-state index contributed by atoms with van der Waals surface area (Å²) in [4.78, 5) is 0. The van der Waals surface area contributed by atoms with Crippen LogP contribution < -0.4 is 0 Å². The van der Waals surface area contributed by atoms with Gasteiger partial charge in [0.05, 0.1) is 10.0 Å². The minimum Gasteiger partial charge on any atom is -0.278 e. The molecule has 1 N–H and O–H groups in total. The Morgan fingerprint density at radius 2 is 2.25 bits per heavy atom. The highest BCUT2D eigenvalue weighted by atomic mass is 35.5. The molecular weight excluding hydrogens is 215 g/mol. The van der Waals surface area contributed by atoms with Gasteiger partial charge in [-0.05, 0) is 12.1 Å². The quantitative estimate of drug-likeness (QED) is 0.781. The summed E-state index contributed by atoms with van der Waals surface area (Å²) < 4.78 is 1.37. The number of thiophene rings is 1. The second-order valence-corrected chi connectivity index (χ2v) is 4.49. The average Bonchev–Trinajstić information content (AvgIpc) is 2.58.